The molecule has 0 radical (unpaired) electrons. The Balaban J connectivity index is 1.18. The minimum Gasteiger partial charge on any atom is -0.341 e. The van der Waals surface area contributed by atoms with E-state index >= 15 is 0 Å². The first kappa shape index (κ1) is 20.6. The highest BCUT2D eigenvalue weighted by atomic mass is 32.2. The van der Waals surface area contributed by atoms with E-state index < -0.39 is 0 Å². The van der Waals surface area contributed by atoms with E-state index in [0.29, 0.717) is 11.7 Å². The molecule has 1 unspecified atom stereocenters. The van der Waals surface area contributed by atoms with Gasteiger partial charge in [-0.2, -0.15) is 0 Å². The van der Waals surface area contributed by atoms with Gasteiger partial charge in [-0.05, 0) is 56.7 Å². The van der Waals surface area contributed by atoms with Gasteiger partial charge in [0.05, 0.1) is 21.0 Å². The third-order valence-electron chi connectivity index (χ3n) is 6.41. The zero-order chi connectivity index (χ0) is 21.7. The van der Waals surface area contributed by atoms with Gasteiger partial charge < -0.3 is 4.90 Å². The molecule has 1 aromatic carbocycles. The van der Waals surface area contributed by atoms with Crippen LogP contribution >= 0.6 is 34.4 Å². The van der Waals surface area contributed by atoms with Gasteiger partial charge in [0.1, 0.15) is 15.7 Å². The molecule has 0 bridgehead atoms. The van der Waals surface area contributed by atoms with Crippen molar-refractivity contribution in [3.63, 3.8) is 0 Å². The number of carbonyl (C=O) groups excluding carboxylic acids is 1. The summed E-state index contributed by atoms with van der Waals surface area (Å²) in [4.78, 5) is 32.0. The number of nitrogens with zero attached hydrogens (tertiary/aromatic N) is 4. The Morgan fingerprint density at radius 2 is 2.06 bits per heavy atom. The number of carbonyl (C=O) groups is 1. The summed E-state index contributed by atoms with van der Waals surface area (Å²) in [5.41, 5.74) is 2.49. The van der Waals surface area contributed by atoms with Crippen LogP contribution in [0.15, 0.2) is 29.3 Å². The van der Waals surface area contributed by atoms with Crippen molar-refractivity contribution in [3.8, 4) is 0 Å². The van der Waals surface area contributed by atoms with Gasteiger partial charge in [0.25, 0.3) is 0 Å². The number of para-hydroxylation sites is 1. The molecule has 1 saturated heterocycles. The molecule has 1 atom stereocenters. The lowest BCUT2D eigenvalue weighted by Gasteiger charge is -2.31. The molecule has 3 aromatic heterocycles. The Labute approximate surface area is 199 Å². The number of thioether (sulfide) groups is 1. The molecule has 164 valence electrons. The minimum absolute atomic E-state index is 0.206. The Bertz CT molecular complexity index is 1290. The monoisotopic (exact) mass is 480 g/mol. The van der Waals surface area contributed by atoms with Crippen molar-refractivity contribution in [1.29, 1.82) is 0 Å². The standard InChI is InChI=1S/C24H24N4OS3/c1-14-25-23(21-16-7-4-10-18(16)31-24(21)26-14)30-13-20(29)28-11-5-6-15(12-28)22-27-17-8-2-3-9-19(17)32-22/h2-3,8-9,15H,4-7,10-13H2,1H3. The number of amides is 1. The fourth-order valence-electron chi connectivity index (χ4n) is 4.86. The highest BCUT2D eigenvalue weighted by Gasteiger charge is 2.28. The first-order valence-electron chi connectivity index (χ1n) is 11.2. The summed E-state index contributed by atoms with van der Waals surface area (Å²) < 4.78 is 1.23. The van der Waals surface area contributed by atoms with E-state index in [1.54, 1.807) is 23.1 Å². The number of hydrogen-bond acceptors (Lipinski definition) is 7. The second kappa shape index (κ2) is 8.39. The molecule has 6 rings (SSSR count). The van der Waals surface area contributed by atoms with Gasteiger partial charge in [0.15, 0.2) is 0 Å². The Morgan fingerprint density at radius 1 is 1.16 bits per heavy atom. The number of aryl methyl sites for hydroxylation is 3. The molecule has 4 heterocycles. The summed E-state index contributed by atoms with van der Waals surface area (Å²) in [6.45, 7) is 3.56. The Morgan fingerprint density at radius 3 is 2.97 bits per heavy atom. The third-order valence-corrected chi connectivity index (χ3v) is 9.75. The van der Waals surface area contributed by atoms with Crippen molar-refractivity contribution < 1.29 is 4.79 Å². The summed E-state index contributed by atoms with van der Waals surface area (Å²) >= 11 is 5.17. The van der Waals surface area contributed by atoms with Gasteiger partial charge in [-0.15, -0.1) is 22.7 Å². The first-order chi connectivity index (χ1) is 15.7. The molecular formula is C24H24N4OS3. The molecule has 0 spiro atoms. The highest BCUT2D eigenvalue weighted by molar-refractivity contribution is 8.00. The number of thiazole rings is 1. The number of aromatic nitrogens is 3. The zero-order valence-corrected chi connectivity index (χ0v) is 20.4. The third kappa shape index (κ3) is 3.72. The van der Waals surface area contributed by atoms with E-state index in [1.165, 1.54) is 32.0 Å². The molecule has 1 fully saturated rings. The molecule has 4 aromatic rings. The van der Waals surface area contributed by atoms with E-state index in [-0.39, 0.29) is 5.91 Å². The predicted molar refractivity (Wildman–Crippen MR) is 133 cm³/mol. The number of fused-ring (bicyclic) bond motifs is 4. The Hall–Kier alpha value is -2.03. The van der Waals surface area contributed by atoms with Gasteiger partial charge in [-0.3, -0.25) is 4.79 Å². The largest absolute Gasteiger partial charge is 0.341 e. The fourth-order valence-corrected chi connectivity index (χ4v) is 8.33. The average molecular weight is 481 g/mol. The van der Waals surface area contributed by atoms with Crippen LogP contribution in [-0.4, -0.2) is 44.6 Å². The minimum atomic E-state index is 0.206. The van der Waals surface area contributed by atoms with Gasteiger partial charge in [0.2, 0.25) is 5.91 Å². The molecule has 32 heavy (non-hydrogen) atoms. The van der Waals surface area contributed by atoms with Gasteiger partial charge in [-0.25, -0.2) is 15.0 Å². The maximum atomic E-state index is 13.2. The second-order valence-electron chi connectivity index (χ2n) is 8.60. The Kier molecular flexibility index (Phi) is 5.39. The van der Waals surface area contributed by atoms with Crippen LogP contribution in [0.2, 0.25) is 0 Å². The van der Waals surface area contributed by atoms with Crippen LogP contribution in [0.1, 0.15) is 46.5 Å². The maximum Gasteiger partial charge on any atom is 0.233 e. The summed E-state index contributed by atoms with van der Waals surface area (Å²) in [7, 11) is 0. The molecule has 0 N–H and O–H groups in total. The van der Waals surface area contributed by atoms with Crippen LogP contribution in [0.4, 0.5) is 0 Å². The van der Waals surface area contributed by atoms with Crippen molar-refractivity contribution in [3.05, 3.63) is 45.5 Å². The molecule has 8 heteroatoms. The molecule has 2 aliphatic rings. The SMILES string of the molecule is Cc1nc(SCC(=O)N2CCCC(c3nc4ccccc4s3)C2)c2c3c(sc2n1)CCC3. The summed E-state index contributed by atoms with van der Waals surface area (Å²) in [6, 6.07) is 8.30. The van der Waals surface area contributed by atoms with Crippen LogP contribution in [-0.2, 0) is 17.6 Å². The molecule has 1 aliphatic heterocycles. The number of likely N-dealkylation sites (tertiary alicyclic amines) is 1. The van der Waals surface area contributed by atoms with Crippen molar-refractivity contribution in [2.24, 2.45) is 0 Å². The molecular weight excluding hydrogens is 456 g/mol. The fraction of sp³-hybridized carbons (Fsp3) is 0.417. The predicted octanol–water partition coefficient (Wildman–Crippen LogP) is 5.60. The molecule has 5 nitrogen and oxygen atoms in total. The van der Waals surface area contributed by atoms with E-state index in [1.807, 2.05) is 29.2 Å². The first-order valence-corrected chi connectivity index (χ1v) is 13.8. The summed E-state index contributed by atoms with van der Waals surface area (Å²) in [5, 5.41) is 3.36. The van der Waals surface area contributed by atoms with Gasteiger partial charge in [-0.1, -0.05) is 23.9 Å². The van der Waals surface area contributed by atoms with Crippen molar-refractivity contribution in [1.82, 2.24) is 19.9 Å². The van der Waals surface area contributed by atoms with Crippen molar-refractivity contribution >= 4 is 60.8 Å². The number of piperidine rings is 1. The number of rotatable bonds is 4. The molecule has 1 amide bonds. The lowest BCUT2D eigenvalue weighted by molar-refractivity contribution is -0.129. The van der Waals surface area contributed by atoms with Gasteiger partial charge >= 0.3 is 0 Å². The highest BCUT2D eigenvalue weighted by Crippen LogP contribution is 2.40. The zero-order valence-electron chi connectivity index (χ0n) is 18.0. The van der Waals surface area contributed by atoms with Crippen LogP contribution < -0.4 is 0 Å². The van der Waals surface area contributed by atoms with E-state index in [0.717, 1.165) is 60.0 Å². The number of hydrogen-bond donors (Lipinski definition) is 0. The second-order valence-corrected chi connectivity index (χ2v) is 11.7. The summed E-state index contributed by atoms with van der Waals surface area (Å²) in [5.74, 6) is 1.77. The van der Waals surface area contributed by atoms with E-state index in [4.69, 9.17) is 9.97 Å². The normalized spacial score (nSPS) is 18.5. The van der Waals surface area contributed by atoms with Crippen LogP contribution in [0.3, 0.4) is 0 Å². The van der Waals surface area contributed by atoms with E-state index in [2.05, 4.69) is 23.2 Å². The van der Waals surface area contributed by atoms with Crippen LogP contribution in [0.25, 0.3) is 20.4 Å². The maximum absolute atomic E-state index is 13.2. The number of benzene rings is 1. The summed E-state index contributed by atoms with van der Waals surface area (Å²) in [6.07, 6.45) is 5.61. The lowest BCUT2D eigenvalue weighted by Crippen LogP contribution is -2.40. The van der Waals surface area contributed by atoms with Crippen LogP contribution in [0, 0.1) is 6.92 Å². The van der Waals surface area contributed by atoms with Crippen LogP contribution in [0.5, 0.6) is 0 Å². The van der Waals surface area contributed by atoms with Crippen molar-refractivity contribution in [2.45, 2.75) is 50.0 Å². The average Bonchev–Trinajstić information content (AvgIpc) is 3.51. The molecule has 0 saturated carbocycles. The van der Waals surface area contributed by atoms with Gasteiger partial charge in [0, 0.05) is 29.3 Å². The van der Waals surface area contributed by atoms with Crippen molar-refractivity contribution in [2.75, 3.05) is 18.8 Å². The molecule has 1 aliphatic carbocycles. The quantitative estimate of drug-likeness (QED) is 0.281. The lowest BCUT2D eigenvalue weighted by atomic mass is 9.99. The topological polar surface area (TPSA) is 59.0 Å². The van der Waals surface area contributed by atoms with E-state index in [9.17, 15) is 4.79 Å². The smallest absolute Gasteiger partial charge is 0.233 e. The number of thiophene rings is 1.